The molecule has 0 aromatic carbocycles. The number of unbranched alkanes of at least 4 members (excludes halogenated alkanes) is 1. The molecular formula is C20H28O5. The number of ketones is 2. The predicted octanol–water partition coefficient (Wildman–Crippen LogP) is 3.05. The summed E-state index contributed by atoms with van der Waals surface area (Å²) in [5, 5.41) is 21.2. The normalized spacial score (nSPS) is 37.5. The molecule has 0 amide bonds. The van der Waals surface area contributed by atoms with Crippen LogP contribution in [0, 0.1) is 11.3 Å². The van der Waals surface area contributed by atoms with Crippen LogP contribution in [0.3, 0.4) is 0 Å². The van der Waals surface area contributed by atoms with Gasteiger partial charge in [-0.1, -0.05) is 31.6 Å². The van der Waals surface area contributed by atoms with Gasteiger partial charge in [0.25, 0.3) is 0 Å². The van der Waals surface area contributed by atoms with Crippen LogP contribution in [-0.4, -0.2) is 40.1 Å². The first-order valence-corrected chi connectivity index (χ1v) is 8.89. The molecule has 0 radical (unpaired) electrons. The number of aliphatic hydroxyl groups is 2. The highest BCUT2D eigenvalue weighted by atomic mass is 16.5. The second-order valence-corrected chi connectivity index (χ2v) is 7.19. The van der Waals surface area contributed by atoms with Crippen LogP contribution in [0.2, 0.25) is 0 Å². The van der Waals surface area contributed by atoms with Crippen LogP contribution in [-0.2, 0) is 14.3 Å². The number of allylic oxidation sites excluding steroid dienone is 4. The molecule has 2 bridgehead atoms. The summed E-state index contributed by atoms with van der Waals surface area (Å²) in [4.78, 5) is 25.9. The Morgan fingerprint density at radius 3 is 2.60 bits per heavy atom. The van der Waals surface area contributed by atoms with E-state index in [0.29, 0.717) is 13.0 Å². The van der Waals surface area contributed by atoms with Crippen LogP contribution < -0.4 is 0 Å². The number of rotatable bonds is 6. The molecule has 0 saturated heterocycles. The minimum absolute atomic E-state index is 0.128. The van der Waals surface area contributed by atoms with Gasteiger partial charge in [0.15, 0.2) is 11.6 Å². The molecule has 0 aromatic rings. The molecule has 0 spiro atoms. The number of fused-ring (bicyclic) bond motifs is 3. The zero-order valence-corrected chi connectivity index (χ0v) is 15.4. The van der Waals surface area contributed by atoms with Gasteiger partial charge in [-0.2, -0.15) is 0 Å². The van der Waals surface area contributed by atoms with E-state index in [1.807, 2.05) is 13.8 Å². The maximum atomic E-state index is 13.0. The number of carbonyl (C=O) groups is 2. The van der Waals surface area contributed by atoms with Crippen LogP contribution in [0.1, 0.15) is 47.0 Å². The zero-order chi connectivity index (χ0) is 18.8. The van der Waals surface area contributed by atoms with Crippen molar-refractivity contribution in [2.45, 2.75) is 58.7 Å². The quantitative estimate of drug-likeness (QED) is 0.253. The highest BCUT2D eigenvalue weighted by Gasteiger charge is 2.68. The predicted molar refractivity (Wildman–Crippen MR) is 95.1 cm³/mol. The van der Waals surface area contributed by atoms with Crippen molar-refractivity contribution < 1.29 is 24.5 Å². The number of hydrogen-bond acceptors (Lipinski definition) is 5. The Morgan fingerprint density at radius 1 is 1.32 bits per heavy atom. The molecule has 25 heavy (non-hydrogen) atoms. The standard InChI is InChI=1S/C20H28O5/c1-5-7-9-10-14(21)16-13-12-15(25-11-8-6-2)19(3,17(16)22)18(23)20(13,4)24/h5,7,9-10,13,15,21,24H,6,8,11-12H2,1-4H3/b7-5+,10-9+,16-14-/t13-,15?,19+,20-/m0/s1. The van der Waals surface area contributed by atoms with Gasteiger partial charge in [-0.05, 0) is 39.7 Å². The van der Waals surface area contributed by atoms with Gasteiger partial charge in [-0.3, -0.25) is 9.59 Å². The van der Waals surface area contributed by atoms with E-state index in [0.717, 1.165) is 12.8 Å². The molecule has 3 aliphatic carbocycles. The second kappa shape index (κ2) is 7.26. The van der Waals surface area contributed by atoms with Crippen LogP contribution in [0.5, 0.6) is 0 Å². The van der Waals surface area contributed by atoms with Gasteiger partial charge in [-0.15, -0.1) is 0 Å². The van der Waals surface area contributed by atoms with Crippen LogP contribution in [0.25, 0.3) is 0 Å². The molecule has 0 heterocycles. The Kier molecular flexibility index (Phi) is 5.69. The molecule has 3 rings (SSSR count). The highest BCUT2D eigenvalue weighted by Crippen LogP contribution is 2.54. The molecule has 0 aromatic heterocycles. The van der Waals surface area contributed by atoms with E-state index in [1.54, 1.807) is 18.2 Å². The van der Waals surface area contributed by atoms with Gasteiger partial charge in [0, 0.05) is 18.1 Å². The summed E-state index contributed by atoms with van der Waals surface area (Å²) < 4.78 is 5.83. The van der Waals surface area contributed by atoms with Crippen molar-refractivity contribution in [3.63, 3.8) is 0 Å². The Balaban J connectivity index is 2.46. The average Bonchev–Trinajstić information content (AvgIpc) is 2.56. The van der Waals surface area contributed by atoms with E-state index in [-0.39, 0.29) is 11.3 Å². The Bertz CT molecular complexity index is 640. The van der Waals surface area contributed by atoms with Crippen LogP contribution >= 0.6 is 0 Å². The molecule has 0 aliphatic heterocycles. The smallest absolute Gasteiger partial charge is 0.180 e. The zero-order valence-electron chi connectivity index (χ0n) is 15.4. The molecule has 3 aliphatic rings. The SMILES string of the molecule is C/C=C/C=C/C(O)=C1/C(=O)[C@]2(C)C(=O)[C@@](C)(O)[C@H]1CC2OCCCC. The Labute approximate surface area is 149 Å². The lowest BCUT2D eigenvalue weighted by molar-refractivity contribution is -0.186. The first-order valence-electron chi connectivity index (χ1n) is 8.89. The number of hydrogen-bond donors (Lipinski definition) is 2. The Hall–Kier alpha value is -1.72. The summed E-state index contributed by atoms with van der Waals surface area (Å²) >= 11 is 0. The van der Waals surface area contributed by atoms with E-state index in [4.69, 9.17) is 4.74 Å². The summed E-state index contributed by atoms with van der Waals surface area (Å²) in [6, 6.07) is 0. The molecule has 5 nitrogen and oxygen atoms in total. The third-order valence-corrected chi connectivity index (χ3v) is 5.42. The monoisotopic (exact) mass is 348 g/mol. The molecule has 138 valence electrons. The lowest BCUT2D eigenvalue weighted by Crippen LogP contribution is -2.69. The van der Waals surface area contributed by atoms with E-state index < -0.39 is 34.6 Å². The average molecular weight is 348 g/mol. The van der Waals surface area contributed by atoms with Gasteiger partial charge in [0.05, 0.1) is 6.10 Å². The maximum absolute atomic E-state index is 13.0. The molecule has 3 fully saturated rings. The summed E-state index contributed by atoms with van der Waals surface area (Å²) in [6.45, 7) is 7.30. The third kappa shape index (κ3) is 3.11. The second-order valence-electron chi connectivity index (χ2n) is 7.19. The van der Waals surface area contributed by atoms with E-state index in [2.05, 4.69) is 0 Å². The van der Waals surface area contributed by atoms with Gasteiger partial charge < -0.3 is 14.9 Å². The fourth-order valence-corrected chi connectivity index (χ4v) is 3.84. The maximum Gasteiger partial charge on any atom is 0.180 e. The molecule has 5 heteroatoms. The highest BCUT2D eigenvalue weighted by molar-refractivity contribution is 6.21. The molecule has 3 saturated carbocycles. The van der Waals surface area contributed by atoms with E-state index >= 15 is 0 Å². The lowest BCUT2D eigenvalue weighted by Gasteiger charge is -2.54. The van der Waals surface area contributed by atoms with E-state index in [9.17, 15) is 19.8 Å². The van der Waals surface area contributed by atoms with Gasteiger partial charge >= 0.3 is 0 Å². The molecule has 2 N–H and O–H groups in total. The third-order valence-electron chi connectivity index (χ3n) is 5.42. The van der Waals surface area contributed by atoms with Gasteiger partial charge in [0.1, 0.15) is 16.8 Å². The fraction of sp³-hybridized carbons (Fsp3) is 0.600. The largest absolute Gasteiger partial charge is 0.508 e. The number of ether oxygens (including phenoxy) is 1. The van der Waals surface area contributed by atoms with Crippen molar-refractivity contribution >= 4 is 11.6 Å². The minimum Gasteiger partial charge on any atom is -0.508 e. The summed E-state index contributed by atoms with van der Waals surface area (Å²) in [5.41, 5.74) is -3.03. The van der Waals surface area contributed by atoms with E-state index in [1.165, 1.54) is 19.9 Å². The molecule has 4 atom stereocenters. The lowest BCUT2D eigenvalue weighted by atomic mass is 9.50. The summed E-state index contributed by atoms with van der Waals surface area (Å²) in [6.07, 6.45) is 8.12. The van der Waals surface area contributed by atoms with Crippen LogP contribution in [0.15, 0.2) is 35.6 Å². The minimum atomic E-state index is -1.69. The van der Waals surface area contributed by atoms with Gasteiger partial charge in [-0.25, -0.2) is 0 Å². The molecule has 1 unspecified atom stereocenters. The van der Waals surface area contributed by atoms with Crippen molar-refractivity contribution in [2.24, 2.45) is 11.3 Å². The first-order chi connectivity index (χ1) is 11.7. The Morgan fingerprint density at radius 2 is 2.00 bits per heavy atom. The van der Waals surface area contributed by atoms with Crippen molar-refractivity contribution in [2.75, 3.05) is 6.61 Å². The fourth-order valence-electron chi connectivity index (χ4n) is 3.84. The number of Topliss-reactive ketones (excluding diaryl/α,β-unsaturated/α-hetero) is 2. The van der Waals surface area contributed by atoms with Crippen molar-refractivity contribution in [3.8, 4) is 0 Å². The van der Waals surface area contributed by atoms with Crippen molar-refractivity contribution in [1.82, 2.24) is 0 Å². The topological polar surface area (TPSA) is 83.8 Å². The van der Waals surface area contributed by atoms with Crippen molar-refractivity contribution in [1.29, 1.82) is 0 Å². The molecular weight excluding hydrogens is 320 g/mol. The number of carbonyl (C=O) groups excluding carboxylic acids is 2. The van der Waals surface area contributed by atoms with Crippen LogP contribution in [0.4, 0.5) is 0 Å². The van der Waals surface area contributed by atoms with Crippen molar-refractivity contribution in [3.05, 3.63) is 35.6 Å². The summed E-state index contributed by atoms with van der Waals surface area (Å²) in [5.74, 6) is -1.92. The summed E-state index contributed by atoms with van der Waals surface area (Å²) in [7, 11) is 0. The van der Waals surface area contributed by atoms with Gasteiger partial charge in [0.2, 0.25) is 0 Å². The first kappa shape index (κ1) is 19.6. The number of aliphatic hydroxyl groups excluding tert-OH is 1.